The fourth-order valence-corrected chi connectivity index (χ4v) is 3.38. The van der Waals surface area contributed by atoms with Crippen LogP contribution in [-0.4, -0.2) is 80.7 Å². The monoisotopic (exact) mass is 309 g/mol. The van der Waals surface area contributed by atoms with Crippen LogP contribution in [0.3, 0.4) is 0 Å². The lowest BCUT2D eigenvalue weighted by Crippen LogP contribution is -2.45. The lowest BCUT2D eigenvalue weighted by molar-refractivity contribution is -0.124. The molecule has 3 saturated heterocycles. The summed E-state index contributed by atoms with van der Waals surface area (Å²) in [5.74, 6) is 0.654. The zero-order chi connectivity index (χ0) is 15.6. The minimum absolute atomic E-state index is 0.0994. The van der Waals surface area contributed by atoms with Crippen molar-refractivity contribution in [3.05, 3.63) is 0 Å². The van der Waals surface area contributed by atoms with E-state index in [0.29, 0.717) is 13.1 Å². The maximum atomic E-state index is 11.5. The zero-order valence-electron chi connectivity index (χ0n) is 12.9. The van der Waals surface area contributed by atoms with E-state index >= 15 is 0 Å². The number of imide groups is 1. The SMILES string of the molecule is CN=C(NCCN1C(=O)CNC1=O)N1CCC2(CCOC2)C1. The zero-order valence-corrected chi connectivity index (χ0v) is 12.9. The predicted molar refractivity (Wildman–Crippen MR) is 80.5 cm³/mol. The van der Waals surface area contributed by atoms with E-state index in [1.165, 1.54) is 4.90 Å². The van der Waals surface area contributed by atoms with Gasteiger partial charge in [-0.1, -0.05) is 0 Å². The number of rotatable bonds is 3. The van der Waals surface area contributed by atoms with Crippen LogP contribution in [0.25, 0.3) is 0 Å². The first kappa shape index (κ1) is 15.1. The molecule has 1 spiro atoms. The largest absolute Gasteiger partial charge is 0.381 e. The number of nitrogens with zero attached hydrogens (tertiary/aromatic N) is 3. The Morgan fingerprint density at radius 2 is 2.32 bits per heavy atom. The smallest absolute Gasteiger partial charge is 0.324 e. The topological polar surface area (TPSA) is 86.3 Å². The summed E-state index contributed by atoms with van der Waals surface area (Å²) < 4.78 is 5.54. The number of guanidine groups is 1. The summed E-state index contributed by atoms with van der Waals surface area (Å²) in [6.45, 7) is 4.57. The molecule has 0 bridgehead atoms. The van der Waals surface area contributed by atoms with Gasteiger partial charge in [-0.2, -0.15) is 0 Å². The molecule has 0 saturated carbocycles. The van der Waals surface area contributed by atoms with Crippen molar-refractivity contribution in [3.63, 3.8) is 0 Å². The highest BCUT2D eigenvalue weighted by Gasteiger charge is 2.42. The van der Waals surface area contributed by atoms with Gasteiger partial charge in [-0.25, -0.2) is 4.79 Å². The van der Waals surface area contributed by atoms with Crippen molar-refractivity contribution < 1.29 is 14.3 Å². The summed E-state index contributed by atoms with van der Waals surface area (Å²) in [6, 6.07) is -0.315. The third-order valence-electron chi connectivity index (χ3n) is 4.69. The summed E-state index contributed by atoms with van der Waals surface area (Å²) in [6.07, 6.45) is 2.24. The minimum Gasteiger partial charge on any atom is -0.381 e. The van der Waals surface area contributed by atoms with Crippen molar-refractivity contribution in [2.75, 3.05) is 53.0 Å². The molecule has 1 unspecified atom stereocenters. The van der Waals surface area contributed by atoms with Gasteiger partial charge in [0.1, 0.15) is 0 Å². The Kier molecular flexibility index (Phi) is 4.19. The maximum Gasteiger partial charge on any atom is 0.324 e. The number of carbonyl (C=O) groups is 2. The fourth-order valence-electron chi connectivity index (χ4n) is 3.38. The number of hydrogen-bond acceptors (Lipinski definition) is 4. The van der Waals surface area contributed by atoms with Crippen LogP contribution >= 0.6 is 0 Å². The molecular formula is C14H23N5O3. The molecule has 3 aliphatic heterocycles. The summed E-state index contributed by atoms with van der Waals surface area (Å²) in [4.78, 5) is 30.8. The highest BCUT2D eigenvalue weighted by atomic mass is 16.5. The van der Waals surface area contributed by atoms with Gasteiger partial charge in [0.25, 0.3) is 0 Å². The summed E-state index contributed by atoms with van der Waals surface area (Å²) in [5.41, 5.74) is 0.280. The molecule has 3 rings (SSSR count). The van der Waals surface area contributed by atoms with E-state index in [-0.39, 0.29) is 23.9 Å². The molecule has 1 atom stereocenters. The second-order valence-electron chi connectivity index (χ2n) is 6.15. The van der Waals surface area contributed by atoms with Crippen LogP contribution in [0.2, 0.25) is 0 Å². The first-order valence-corrected chi connectivity index (χ1v) is 7.75. The van der Waals surface area contributed by atoms with E-state index < -0.39 is 0 Å². The Bertz CT molecular complexity index is 471. The van der Waals surface area contributed by atoms with Crippen LogP contribution in [0, 0.1) is 5.41 Å². The Balaban J connectivity index is 1.49. The molecule has 3 amide bonds. The Morgan fingerprint density at radius 1 is 1.45 bits per heavy atom. The van der Waals surface area contributed by atoms with E-state index in [1.54, 1.807) is 7.05 Å². The third-order valence-corrected chi connectivity index (χ3v) is 4.69. The van der Waals surface area contributed by atoms with E-state index in [0.717, 1.165) is 45.1 Å². The molecule has 2 N–H and O–H groups in total. The minimum atomic E-state index is -0.315. The van der Waals surface area contributed by atoms with Gasteiger partial charge in [0.15, 0.2) is 5.96 Å². The molecule has 8 heteroatoms. The molecular weight excluding hydrogens is 286 g/mol. The standard InChI is InChI=1S/C14H23N5O3/c1-15-12(16-4-6-19-11(20)8-17-13(19)21)18-5-2-14(9-18)3-7-22-10-14/h2-10H2,1H3,(H,15,16)(H,17,21). The van der Waals surface area contributed by atoms with Gasteiger partial charge in [0, 0.05) is 45.2 Å². The summed E-state index contributed by atoms with van der Waals surface area (Å²) in [5, 5.41) is 5.76. The van der Waals surface area contributed by atoms with Gasteiger partial charge in [-0.15, -0.1) is 0 Å². The molecule has 3 aliphatic rings. The van der Waals surface area contributed by atoms with E-state index in [4.69, 9.17) is 4.74 Å². The number of nitrogens with one attached hydrogen (secondary N) is 2. The number of likely N-dealkylation sites (tertiary alicyclic amines) is 1. The first-order valence-electron chi connectivity index (χ1n) is 7.75. The average Bonchev–Trinajstić information content (AvgIpc) is 3.22. The molecule has 8 nitrogen and oxygen atoms in total. The van der Waals surface area contributed by atoms with Crippen LogP contribution in [0.4, 0.5) is 4.79 Å². The van der Waals surface area contributed by atoms with Gasteiger partial charge in [0.2, 0.25) is 5.91 Å². The number of hydrogen-bond donors (Lipinski definition) is 2. The van der Waals surface area contributed by atoms with E-state index in [1.807, 2.05) is 0 Å². The van der Waals surface area contributed by atoms with Gasteiger partial charge in [-0.3, -0.25) is 14.7 Å². The van der Waals surface area contributed by atoms with Crippen molar-refractivity contribution >= 4 is 17.9 Å². The molecule has 122 valence electrons. The Morgan fingerprint density at radius 3 is 2.95 bits per heavy atom. The van der Waals surface area contributed by atoms with Crippen LogP contribution < -0.4 is 10.6 Å². The second-order valence-corrected chi connectivity index (χ2v) is 6.15. The number of carbonyl (C=O) groups excluding carboxylic acids is 2. The number of aliphatic imine (C=N–C) groups is 1. The van der Waals surface area contributed by atoms with Crippen LogP contribution in [-0.2, 0) is 9.53 Å². The molecule has 22 heavy (non-hydrogen) atoms. The lowest BCUT2D eigenvalue weighted by atomic mass is 9.87. The molecule has 0 aliphatic carbocycles. The van der Waals surface area contributed by atoms with Crippen LogP contribution in [0.5, 0.6) is 0 Å². The first-order chi connectivity index (χ1) is 10.6. The van der Waals surface area contributed by atoms with Gasteiger partial charge in [0.05, 0.1) is 13.2 Å². The quantitative estimate of drug-likeness (QED) is 0.406. The molecule has 0 radical (unpaired) electrons. The normalized spacial score (nSPS) is 28.9. The molecule has 0 aromatic rings. The molecule has 3 heterocycles. The highest BCUT2D eigenvalue weighted by molar-refractivity contribution is 6.01. The summed E-state index contributed by atoms with van der Waals surface area (Å²) >= 11 is 0. The van der Waals surface area contributed by atoms with Crippen molar-refractivity contribution in [1.29, 1.82) is 0 Å². The molecule has 0 aromatic heterocycles. The van der Waals surface area contributed by atoms with Crippen molar-refractivity contribution in [3.8, 4) is 0 Å². The highest BCUT2D eigenvalue weighted by Crippen LogP contribution is 2.38. The summed E-state index contributed by atoms with van der Waals surface area (Å²) in [7, 11) is 1.76. The van der Waals surface area contributed by atoms with Crippen molar-refractivity contribution in [2.24, 2.45) is 10.4 Å². The third kappa shape index (κ3) is 2.87. The van der Waals surface area contributed by atoms with E-state index in [2.05, 4.69) is 20.5 Å². The van der Waals surface area contributed by atoms with Gasteiger partial charge >= 0.3 is 6.03 Å². The molecule has 3 fully saturated rings. The fraction of sp³-hybridized carbons (Fsp3) is 0.786. The average molecular weight is 309 g/mol. The molecule has 0 aromatic carbocycles. The Labute approximate surface area is 129 Å². The lowest BCUT2D eigenvalue weighted by Gasteiger charge is -2.25. The number of urea groups is 1. The van der Waals surface area contributed by atoms with Crippen molar-refractivity contribution in [1.82, 2.24) is 20.4 Å². The van der Waals surface area contributed by atoms with E-state index in [9.17, 15) is 9.59 Å². The number of ether oxygens (including phenoxy) is 1. The van der Waals surface area contributed by atoms with Crippen LogP contribution in [0.15, 0.2) is 4.99 Å². The predicted octanol–water partition coefficient (Wildman–Crippen LogP) is -0.774. The second kappa shape index (κ2) is 6.12. The maximum absolute atomic E-state index is 11.5. The van der Waals surface area contributed by atoms with Gasteiger partial charge < -0.3 is 20.3 Å². The number of amides is 3. The Hall–Kier alpha value is -1.83. The van der Waals surface area contributed by atoms with Crippen LogP contribution in [0.1, 0.15) is 12.8 Å². The van der Waals surface area contributed by atoms with Gasteiger partial charge in [-0.05, 0) is 12.8 Å². The van der Waals surface area contributed by atoms with Crippen molar-refractivity contribution in [2.45, 2.75) is 12.8 Å².